The molecule has 0 bridgehead atoms. The summed E-state index contributed by atoms with van der Waals surface area (Å²) in [5, 5.41) is 3.17. The van der Waals surface area contributed by atoms with Gasteiger partial charge in [0, 0.05) is 38.6 Å². The smallest absolute Gasteiger partial charge is 0.319 e. The Hall–Kier alpha value is -0.770. The van der Waals surface area contributed by atoms with Crippen molar-refractivity contribution in [3.63, 3.8) is 0 Å². The van der Waals surface area contributed by atoms with Gasteiger partial charge >= 0.3 is 6.03 Å². The second-order valence-electron chi connectivity index (χ2n) is 4.33. The molecule has 1 fully saturated rings. The summed E-state index contributed by atoms with van der Waals surface area (Å²) >= 11 is 0. The summed E-state index contributed by atoms with van der Waals surface area (Å²) in [7, 11) is 3.83. The molecule has 0 spiro atoms. The minimum absolute atomic E-state index is 0.160. The van der Waals surface area contributed by atoms with Gasteiger partial charge in [-0.2, -0.15) is 0 Å². The van der Waals surface area contributed by atoms with Gasteiger partial charge in [-0.05, 0) is 20.9 Å². The monoisotopic (exact) mass is 199 g/mol. The molecule has 0 aromatic heterocycles. The van der Waals surface area contributed by atoms with Gasteiger partial charge in [-0.15, -0.1) is 0 Å². The van der Waals surface area contributed by atoms with Gasteiger partial charge in [0.25, 0.3) is 0 Å². The Morgan fingerprint density at radius 3 is 2.64 bits per heavy atom. The van der Waals surface area contributed by atoms with Crippen molar-refractivity contribution >= 4 is 6.03 Å². The maximum atomic E-state index is 11.7. The normalized spacial score (nSPS) is 23.5. The van der Waals surface area contributed by atoms with Crippen molar-refractivity contribution in [1.82, 2.24) is 15.1 Å². The molecular formula is C10H21N3O. The predicted octanol–water partition coefficient (Wildman–Crippen LogP) is 0.598. The Morgan fingerprint density at radius 2 is 2.14 bits per heavy atom. The molecule has 0 saturated carbocycles. The zero-order valence-electron chi connectivity index (χ0n) is 9.58. The van der Waals surface area contributed by atoms with E-state index in [1.165, 1.54) is 0 Å². The molecule has 0 aromatic rings. The van der Waals surface area contributed by atoms with E-state index in [0.29, 0.717) is 12.0 Å². The van der Waals surface area contributed by atoms with Crippen molar-refractivity contribution in [3.05, 3.63) is 0 Å². The van der Waals surface area contributed by atoms with Crippen molar-refractivity contribution in [2.45, 2.75) is 19.9 Å². The number of nitrogens with one attached hydrogen (secondary N) is 1. The molecule has 0 radical (unpaired) electrons. The summed E-state index contributed by atoms with van der Waals surface area (Å²) < 4.78 is 0. The molecule has 4 nitrogen and oxygen atoms in total. The summed E-state index contributed by atoms with van der Waals surface area (Å²) in [6.45, 7) is 6.84. The first-order valence-corrected chi connectivity index (χ1v) is 5.22. The van der Waals surface area contributed by atoms with Crippen LogP contribution in [0, 0.1) is 5.92 Å². The summed E-state index contributed by atoms with van der Waals surface area (Å²) in [6, 6.07) is 0.456. The summed E-state index contributed by atoms with van der Waals surface area (Å²) in [5.41, 5.74) is 0. The minimum atomic E-state index is 0.160. The van der Waals surface area contributed by atoms with Crippen molar-refractivity contribution in [2.75, 3.05) is 33.7 Å². The zero-order chi connectivity index (χ0) is 10.7. The first-order chi connectivity index (χ1) is 6.56. The Balaban J connectivity index is 2.61. The number of hydrogen-bond donors (Lipinski definition) is 1. The van der Waals surface area contributed by atoms with E-state index in [1.54, 1.807) is 0 Å². The SMILES string of the molecule is CNCC1CN(C)C(=O)N(C(C)C)C1. The van der Waals surface area contributed by atoms with E-state index in [2.05, 4.69) is 19.2 Å². The molecule has 1 aliphatic heterocycles. The standard InChI is InChI=1S/C10H21N3O/c1-8(2)13-7-9(5-11-3)6-12(4)10(13)14/h8-9,11H,5-7H2,1-4H3. The molecule has 1 rings (SSSR count). The average Bonchev–Trinajstić information content (AvgIpc) is 2.11. The molecule has 2 amide bonds. The first-order valence-electron chi connectivity index (χ1n) is 5.22. The van der Waals surface area contributed by atoms with Gasteiger partial charge < -0.3 is 15.1 Å². The van der Waals surface area contributed by atoms with Gasteiger partial charge in [-0.3, -0.25) is 0 Å². The van der Waals surface area contributed by atoms with E-state index >= 15 is 0 Å². The highest BCUT2D eigenvalue weighted by atomic mass is 16.2. The number of rotatable bonds is 3. The molecular weight excluding hydrogens is 178 g/mol. The third-order valence-electron chi connectivity index (χ3n) is 2.68. The van der Waals surface area contributed by atoms with Crippen molar-refractivity contribution < 1.29 is 4.79 Å². The molecule has 1 unspecified atom stereocenters. The first kappa shape index (κ1) is 11.3. The lowest BCUT2D eigenvalue weighted by Crippen LogP contribution is -2.55. The lowest BCUT2D eigenvalue weighted by atomic mass is 10.1. The lowest BCUT2D eigenvalue weighted by Gasteiger charge is -2.40. The van der Waals surface area contributed by atoms with E-state index in [1.807, 2.05) is 23.9 Å². The Labute approximate surface area is 86.2 Å². The van der Waals surface area contributed by atoms with E-state index in [-0.39, 0.29) is 6.03 Å². The van der Waals surface area contributed by atoms with Gasteiger partial charge in [0.1, 0.15) is 0 Å². The topological polar surface area (TPSA) is 35.6 Å². The highest BCUT2D eigenvalue weighted by molar-refractivity contribution is 5.75. The molecule has 82 valence electrons. The second kappa shape index (κ2) is 4.64. The van der Waals surface area contributed by atoms with Crippen LogP contribution < -0.4 is 5.32 Å². The van der Waals surface area contributed by atoms with E-state index in [9.17, 15) is 4.79 Å². The van der Waals surface area contributed by atoms with Crippen LogP contribution in [0.5, 0.6) is 0 Å². The predicted molar refractivity (Wildman–Crippen MR) is 57.3 cm³/mol. The van der Waals surface area contributed by atoms with Crippen LogP contribution in [0.4, 0.5) is 4.79 Å². The van der Waals surface area contributed by atoms with Crippen LogP contribution >= 0.6 is 0 Å². The lowest BCUT2D eigenvalue weighted by molar-refractivity contribution is 0.100. The molecule has 14 heavy (non-hydrogen) atoms. The number of amides is 2. The summed E-state index contributed by atoms with van der Waals surface area (Å²) in [6.07, 6.45) is 0. The van der Waals surface area contributed by atoms with Crippen LogP contribution in [0.2, 0.25) is 0 Å². The van der Waals surface area contributed by atoms with Gasteiger partial charge in [-0.1, -0.05) is 0 Å². The zero-order valence-corrected chi connectivity index (χ0v) is 9.58. The second-order valence-corrected chi connectivity index (χ2v) is 4.33. The molecule has 0 aromatic carbocycles. The number of hydrogen-bond acceptors (Lipinski definition) is 2. The van der Waals surface area contributed by atoms with Crippen LogP contribution in [0.15, 0.2) is 0 Å². The molecule has 1 saturated heterocycles. The fraction of sp³-hybridized carbons (Fsp3) is 0.900. The van der Waals surface area contributed by atoms with Gasteiger partial charge in [0.15, 0.2) is 0 Å². The van der Waals surface area contributed by atoms with Crippen LogP contribution in [0.25, 0.3) is 0 Å². The van der Waals surface area contributed by atoms with Crippen molar-refractivity contribution in [3.8, 4) is 0 Å². The van der Waals surface area contributed by atoms with Gasteiger partial charge in [0.05, 0.1) is 0 Å². The van der Waals surface area contributed by atoms with E-state index in [4.69, 9.17) is 0 Å². The van der Waals surface area contributed by atoms with Crippen LogP contribution in [-0.2, 0) is 0 Å². The summed E-state index contributed by atoms with van der Waals surface area (Å²) in [5.74, 6) is 0.546. The van der Waals surface area contributed by atoms with Crippen LogP contribution in [-0.4, -0.2) is 55.6 Å². The number of carbonyl (C=O) groups is 1. The van der Waals surface area contributed by atoms with E-state index < -0.39 is 0 Å². The molecule has 0 aliphatic carbocycles. The molecule has 4 heteroatoms. The quantitative estimate of drug-likeness (QED) is 0.722. The Morgan fingerprint density at radius 1 is 1.50 bits per heavy atom. The minimum Gasteiger partial charge on any atom is -0.327 e. The molecule has 1 aliphatic rings. The highest BCUT2D eigenvalue weighted by Crippen LogP contribution is 2.15. The highest BCUT2D eigenvalue weighted by Gasteiger charge is 2.30. The number of nitrogens with zero attached hydrogens (tertiary/aromatic N) is 2. The third-order valence-corrected chi connectivity index (χ3v) is 2.68. The molecule has 1 N–H and O–H groups in total. The van der Waals surface area contributed by atoms with Crippen molar-refractivity contribution in [1.29, 1.82) is 0 Å². The fourth-order valence-electron chi connectivity index (χ4n) is 1.95. The van der Waals surface area contributed by atoms with Crippen LogP contribution in [0.1, 0.15) is 13.8 Å². The third kappa shape index (κ3) is 2.38. The molecule has 1 atom stereocenters. The Kier molecular flexibility index (Phi) is 3.75. The maximum absolute atomic E-state index is 11.7. The van der Waals surface area contributed by atoms with Crippen molar-refractivity contribution in [2.24, 2.45) is 5.92 Å². The van der Waals surface area contributed by atoms with Gasteiger partial charge in [0.2, 0.25) is 0 Å². The largest absolute Gasteiger partial charge is 0.327 e. The average molecular weight is 199 g/mol. The fourth-order valence-corrected chi connectivity index (χ4v) is 1.95. The number of urea groups is 1. The van der Waals surface area contributed by atoms with Crippen LogP contribution in [0.3, 0.4) is 0 Å². The number of carbonyl (C=O) groups excluding carboxylic acids is 1. The maximum Gasteiger partial charge on any atom is 0.319 e. The van der Waals surface area contributed by atoms with Gasteiger partial charge in [-0.25, -0.2) is 4.79 Å². The van der Waals surface area contributed by atoms with E-state index in [0.717, 1.165) is 19.6 Å². The summed E-state index contributed by atoms with van der Waals surface area (Å²) in [4.78, 5) is 15.5. The molecule has 1 heterocycles. The Bertz CT molecular complexity index is 206.